The summed E-state index contributed by atoms with van der Waals surface area (Å²) in [6.45, 7) is 1.11. The van der Waals surface area contributed by atoms with Gasteiger partial charge in [-0.1, -0.05) is 77.0 Å². The van der Waals surface area contributed by atoms with Crippen LogP contribution in [0.1, 0.15) is 100 Å². The number of carbonyl (C=O) groups excluding carboxylic acids is 1. The molecular weight excluding hydrogens is 324 g/mol. The predicted octanol–water partition coefficient (Wildman–Crippen LogP) is 6.33. The van der Waals surface area contributed by atoms with E-state index in [-0.39, 0.29) is 0 Å². The van der Waals surface area contributed by atoms with Gasteiger partial charge in [0, 0.05) is 12.2 Å². The van der Waals surface area contributed by atoms with Crippen molar-refractivity contribution in [3.05, 3.63) is 29.8 Å². The molecule has 0 aromatic heterocycles. The van der Waals surface area contributed by atoms with E-state index in [1.54, 1.807) is 12.1 Å². The molecule has 0 saturated carbocycles. The Balaban J connectivity index is 1.77. The maximum absolute atomic E-state index is 10.6. The van der Waals surface area contributed by atoms with Crippen molar-refractivity contribution in [1.82, 2.24) is 0 Å². The van der Waals surface area contributed by atoms with E-state index in [4.69, 9.17) is 9.84 Å². The van der Waals surface area contributed by atoms with Gasteiger partial charge in [-0.25, -0.2) is 0 Å². The Labute approximate surface area is 160 Å². The van der Waals surface area contributed by atoms with Crippen molar-refractivity contribution >= 4 is 6.29 Å². The van der Waals surface area contributed by atoms with E-state index in [0.29, 0.717) is 12.2 Å². The van der Waals surface area contributed by atoms with Crippen molar-refractivity contribution < 1.29 is 14.6 Å². The number of aldehydes is 1. The predicted molar refractivity (Wildman–Crippen MR) is 109 cm³/mol. The molecule has 0 aliphatic heterocycles. The summed E-state index contributed by atoms with van der Waals surface area (Å²) < 4.78 is 5.69. The molecule has 0 aliphatic rings. The van der Waals surface area contributed by atoms with Gasteiger partial charge in [0.15, 0.2) is 0 Å². The molecule has 0 aliphatic carbocycles. The Hall–Kier alpha value is -1.35. The molecule has 1 N–H and O–H groups in total. The number of aliphatic hydroxyl groups excluding tert-OH is 1. The molecule has 0 atom stereocenters. The van der Waals surface area contributed by atoms with Gasteiger partial charge in [0.05, 0.1) is 6.61 Å². The smallest absolute Gasteiger partial charge is 0.150 e. The molecule has 3 heteroatoms. The summed E-state index contributed by atoms with van der Waals surface area (Å²) in [5.74, 6) is 0.851. The molecule has 1 rings (SSSR count). The molecule has 0 fully saturated rings. The van der Waals surface area contributed by atoms with Gasteiger partial charge in [-0.3, -0.25) is 4.79 Å². The zero-order valence-electron chi connectivity index (χ0n) is 16.5. The number of benzene rings is 1. The zero-order valence-corrected chi connectivity index (χ0v) is 16.5. The SMILES string of the molecule is O=Cc1ccc(OCCCCCCCCCCCCCCCCO)cc1. The normalized spacial score (nSPS) is 10.8. The Morgan fingerprint density at radius 3 is 1.50 bits per heavy atom. The highest BCUT2D eigenvalue weighted by molar-refractivity contribution is 5.74. The lowest BCUT2D eigenvalue weighted by molar-refractivity contribution is 0.112. The number of aliphatic hydroxyl groups is 1. The Morgan fingerprint density at radius 1 is 0.654 bits per heavy atom. The van der Waals surface area contributed by atoms with Gasteiger partial charge >= 0.3 is 0 Å². The van der Waals surface area contributed by atoms with E-state index >= 15 is 0 Å². The fourth-order valence-electron chi connectivity index (χ4n) is 3.17. The second kappa shape index (κ2) is 17.1. The second-order valence-electron chi connectivity index (χ2n) is 7.21. The van der Waals surface area contributed by atoms with Crippen LogP contribution in [0, 0.1) is 0 Å². The van der Waals surface area contributed by atoms with Crippen molar-refractivity contribution in [3.63, 3.8) is 0 Å². The summed E-state index contributed by atoms with van der Waals surface area (Å²) in [4.78, 5) is 10.6. The first-order valence-corrected chi connectivity index (χ1v) is 10.7. The third-order valence-corrected chi connectivity index (χ3v) is 4.84. The first-order chi connectivity index (χ1) is 12.9. The van der Waals surface area contributed by atoms with Gasteiger partial charge in [0.25, 0.3) is 0 Å². The number of rotatable bonds is 18. The topological polar surface area (TPSA) is 46.5 Å². The lowest BCUT2D eigenvalue weighted by Gasteiger charge is -2.06. The number of hydrogen-bond acceptors (Lipinski definition) is 3. The van der Waals surface area contributed by atoms with Crippen molar-refractivity contribution in [2.24, 2.45) is 0 Å². The van der Waals surface area contributed by atoms with E-state index < -0.39 is 0 Å². The highest BCUT2D eigenvalue weighted by atomic mass is 16.5. The van der Waals surface area contributed by atoms with Crippen LogP contribution in [-0.4, -0.2) is 24.6 Å². The molecule has 0 unspecified atom stereocenters. The molecule has 148 valence electrons. The van der Waals surface area contributed by atoms with Crippen molar-refractivity contribution in [1.29, 1.82) is 0 Å². The highest BCUT2D eigenvalue weighted by Crippen LogP contribution is 2.14. The molecule has 0 bridgehead atoms. The van der Waals surface area contributed by atoms with E-state index in [1.807, 2.05) is 12.1 Å². The molecular formula is C23H38O3. The van der Waals surface area contributed by atoms with Gasteiger partial charge in [0.2, 0.25) is 0 Å². The van der Waals surface area contributed by atoms with Crippen molar-refractivity contribution in [3.8, 4) is 5.75 Å². The number of unbranched alkanes of at least 4 members (excludes halogenated alkanes) is 13. The van der Waals surface area contributed by atoms with Crippen LogP contribution in [0.25, 0.3) is 0 Å². The minimum atomic E-state index is 0.350. The largest absolute Gasteiger partial charge is 0.494 e. The van der Waals surface area contributed by atoms with Crippen LogP contribution in [0.4, 0.5) is 0 Å². The average molecular weight is 363 g/mol. The molecule has 26 heavy (non-hydrogen) atoms. The molecule has 0 heterocycles. The molecule has 0 spiro atoms. The van der Waals surface area contributed by atoms with Gasteiger partial charge in [-0.05, 0) is 37.1 Å². The van der Waals surface area contributed by atoms with Crippen LogP contribution in [0.5, 0.6) is 5.75 Å². The first-order valence-electron chi connectivity index (χ1n) is 10.7. The third-order valence-electron chi connectivity index (χ3n) is 4.84. The molecule has 1 aromatic carbocycles. The summed E-state index contributed by atoms with van der Waals surface area (Å²) in [5.41, 5.74) is 0.690. The fraction of sp³-hybridized carbons (Fsp3) is 0.696. The Morgan fingerprint density at radius 2 is 1.08 bits per heavy atom. The summed E-state index contributed by atoms with van der Waals surface area (Å²) in [7, 11) is 0. The van der Waals surface area contributed by atoms with Gasteiger partial charge < -0.3 is 9.84 Å². The lowest BCUT2D eigenvalue weighted by Crippen LogP contribution is -1.97. The standard InChI is InChI=1S/C23H38O3/c24-19-13-11-9-7-5-3-1-2-4-6-8-10-12-14-20-26-23-17-15-22(21-25)16-18-23/h15-18,21,24H,1-14,19-20H2. The number of hydrogen-bond donors (Lipinski definition) is 1. The molecule has 3 nitrogen and oxygen atoms in total. The zero-order chi connectivity index (χ0) is 18.7. The fourth-order valence-corrected chi connectivity index (χ4v) is 3.17. The van der Waals surface area contributed by atoms with Gasteiger partial charge in [-0.15, -0.1) is 0 Å². The van der Waals surface area contributed by atoms with Crippen LogP contribution < -0.4 is 4.74 Å². The van der Waals surface area contributed by atoms with Crippen molar-refractivity contribution in [2.75, 3.05) is 13.2 Å². The van der Waals surface area contributed by atoms with E-state index in [0.717, 1.165) is 31.5 Å². The summed E-state index contributed by atoms with van der Waals surface area (Å²) in [6, 6.07) is 7.30. The average Bonchev–Trinajstić information content (AvgIpc) is 2.68. The Kier molecular flexibility index (Phi) is 14.9. The van der Waals surface area contributed by atoms with Crippen LogP contribution in [0.15, 0.2) is 24.3 Å². The minimum Gasteiger partial charge on any atom is -0.494 e. The maximum atomic E-state index is 10.6. The molecule has 0 saturated heterocycles. The molecule has 0 amide bonds. The van der Waals surface area contributed by atoms with Crippen LogP contribution in [-0.2, 0) is 0 Å². The first kappa shape index (κ1) is 22.7. The third kappa shape index (κ3) is 12.9. The van der Waals surface area contributed by atoms with Crippen LogP contribution in [0.3, 0.4) is 0 Å². The Bertz CT molecular complexity index is 428. The number of ether oxygens (including phenoxy) is 1. The minimum absolute atomic E-state index is 0.350. The number of carbonyl (C=O) groups is 1. The van der Waals surface area contributed by atoms with Crippen LogP contribution in [0.2, 0.25) is 0 Å². The van der Waals surface area contributed by atoms with E-state index in [1.165, 1.54) is 77.0 Å². The highest BCUT2D eigenvalue weighted by Gasteiger charge is 1.96. The summed E-state index contributed by atoms with van der Waals surface area (Å²) in [5, 5.41) is 8.72. The summed E-state index contributed by atoms with van der Waals surface area (Å²) in [6.07, 6.45) is 18.9. The monoisotopic (exact) mass is 362 g/mol. The summed E-state index contributed by atoms with van der Waals surface area (Å²) >= 11 is 0. The maximum Gasteiger partial charge on any atom is 0.150 e. The van der Waals surface area contributed by atoms with E-state index in [9.17, 15) is 4.79 Å². The second-order valence-corrected chi connectivity index (χ2v) is 7.21. The van der Waals surface area contributed by atoms with Gasteiger partial charge in [0.1, 0.15) is 12.0 Å². The lowest BCUT2D eigenvalue weighted by atomic mass is 10.0. The quantitative estimate of drug-likeness (QED) is 0.245. The van der Waals surface area contributed by atoms with Crippen LogP contribution >= 0.6 is 0 Å². The molecule has 0 radical (unpaired) electrons. The van der Waals surface area contributed by atoms with Gasteiger partial charge in [-0.2, -0.15) is 0 Å². The van der Waals surface area contributed by atoms with Crippen molar-refractivity contribution in [2.45, 2.75) is 89.9 Å². The van der Waals surface area contributed by atoms with E-state index in [2.05, 4.69) is 0 Å². The molecule has 1 aromatic rings.